The summed E-state index contributed by atoms with van der Waals surface area (Å²) in [5.74, 6) is -0.599. The Bertz CT molecular complexity index is 626. The number of ether oxygens (including phenoxy) is 1. The lowest BCUT2D eigenvalue weighted by atomic mass is 10.2. The van der Waals surface area contributed by atoms with Crippen molar-refractivity contribution >= 4 is 33.9 Å². The SMILES string of the molecule is O=C(OCc1ccccc1Cl)c1ccc([N+](=O)[O-])s1. The van der Waals surface area contributed by atoms with Crippen LogP contribution < -0.4 is 0 Å². The normalized spacial score (nSPS) is 10.2. The Kier molecular flexibility index (Phi) is 4.13. The molecule has 7 heteroatoms. The van der Waals surface area contributed by atoms with Crippen molar-refractivity contribution in [3.8, 4) is 0 Å². The second kappa shape index (κ2) is 5.81. The first-order chi connectivity index (χ1) is 9.08. The summed E-state index contributed by atoms with van der Waals surface area (Å²) in [5, 5.41) is 10.9. The maximum absolute atomic E-state index is 11.7. The van der Waals surface area contributed by atoms with Gasteiger partial charge in [-0.25, -0.2) is 4.79 Å². The van der Waals surface area contributed by atoms with Gasteiger partial charge in [-0.2, -0.15) is 0 Å². The van der Waals surface area contributed by atoms with Gasteiger partial charge < -0.3 is 4.74 Å². The molecule has 1 heterocycles. The van der Waals surface area contributed by atoms with E-state index in [0.29, 0.717) is 10.6 Å². The summed E-state index contributed by atoms with van der Waals surface area (Å²) >= 11 is 6.70. The molecule has 0 aliphatic heterocycles. The van der Waals surface area contributed by atoms with Gasteiger partial charge in [0.1, 0.15) is 11.5 Å². The number of carbonyl (C=O) groups is 1. The van der Waals surface area contributed by atoms with E-state index in [2.05, 4.69) is 0 Å². The molecular formula is C12H8ClNO4S. The molecule has 0 unspecified atom stereocenters. The predicted octanol–water partition coefficient (Wildman–Crippen LogP) is 3.67. The van der Waals surface area contributed by atoms with E-state index in [1.807, 2.05) is 0 Å². The van der Waals surface area contributed by atoms with E-state index in [-0.39, 0.29) is 16.5 Å². The number of thiophene rings is 1. The molecule has 0 fully saturated rings. The zero-order valence-corrected chi connectivity index (χ0v) is 11.1. The predicted molar refractivity (Wildman–Crippen MR) is 71.5 cm³/mol. The number of halogens is 1. The van der Waals surface area contributed by atoms with Crippen LogP contribution in [0.1, 0.15) is 15.2 Å². The van der Waals surface area contributed by atoms with E-state index in [0.717, 1.165) is 11.3 Å². The fourth-order valence-corrected chi connectivity index (χ4v) is 2.27. The van der Waals surface area contributed by atoms with Crippen molar-refractivity contribution in [2.45, 2.75) is 6.61 Å². The van der Waals surface area contributed by atoms with E-state index in [1.54, 1.807) is 24.3 Å². The number of nitrogens with zero attached hydrogens (tertiary/aromatic N) is 1. The molecule has 1 aromatic heterocycles. The maximum Gasteiger partial charge on any atom is 0.348 e. The maximum atomic E-state index is 11.7. The zero-order valence-electron chi connectivity index (χ0n) is 9.54. The summed E-state index contributed by atoms with van der Waals surface area (Å²) in [6, 6.07) is 9.64. The van der Waals surface area contributed by atoms with Gasteiger partial charge in [-0.3, -0.25) is 10.1 Å². The van der Waals surface area contributed by atoms with Gasteiger partial charge in [-0.15, -0.1) is 0 Å². The number of esters is 1. The first-order valence-electron chi connectivity index (χ1n) is 5.22. The molecule has 5 nitrogen and oxygen atoms in total. The molecule has 0 aliphatic carbocycles. The Labute approximate surface area is 117 Å². The molecular weight excluding hydrogens is 290 g/mol. The van der Waals surface area contributed by atoms with Crippen LogP contribution in [0.25, 0.3) is 0 Å². The Morgan fingerprint density at radius 3 is 2.68 bits per heavy atom. The lowest BCUT2D eigenvalue weighted by Crippen LogP contribution is -2.03. The zero-order chi connectivity index (χ0) is 13.8. The van der Waals surface area contributed by atoms with Crippen LogP contribution in [-0.4, -0.2) is 10.9 Å². The molecule has 19 heavy (non-hydrogen) atoms. The topological polar surface area (TPSA) is 69.4 Å². The highest BCUT2D eigenvalue weighted by Crippen LogP contribution is 2.25. The molecule has 0 atom stereocenters. The number of benzene rings is 1. The minimum atomic E-state index is -0.599. The molecule has 0 radical (unpaired) electrons. The van der Waals surface area contributed by atoms with Crippen LogP contribution in [0.2, 0.25) is 5.02 Å². The largest absolute Gasteiger partial charge is 0.457 e. The smallest absolute Gasteiger partial charge is 0.348 e. The second-order valence-corrected chi connectivity index (χ2v) is 5.03. The van der Waals surface area contributed by atoms with E-state index < -0.39 is 10.9 Å². The molecule has 1 aromatic carbocycles. The van der Waals surface area contributed by atoms with Crippen molar-refractivity contribution in [2.24, 2.45) is 0 Å². The number of hydrogen-bond donors (Lipinski definition) is 0. The van der Waals surface area contributed by atoms with Crippen molar-refractivity contribution in [3.63, 3.8) is 0 Å². The van der Waals surface area contributed by atoms with Gasteiger partial charge in [0, 0.05) is 16.7 Å². The molecule has 0 spiro atoms. The second-order valence-electron chi connectivity index (χ2n) is 3.56. The summed E-state index contributed by atoms with van der Waals surface area (Å²) in [5.41, 5.74) is 0.684. The van der Waals surface area contributed by atoms with Gasteiger partial charge in [0.25, 0.3) is 0 Å². The van der Waals surface area contributed by atoms with E-state index >= 15 is 0 Å². The fourth-order valence-electron chi connectivity index (χ4n) is 1.37. The molecule has 2 rings (SSSR count). The van der Waals surface area contributed by atoms with Crippen molar-refractivity contribution in [2.75, 3.05) is 0 Å². The minimum absolute atomic E-state index is 0.0319. The van der Waals surface area contributed by atoms with Gasteiger partial charge >= 0.3 is 11.0 Å². The highest BCUT2D eigenvalue weighted by atomic mass is 35.5. The molecule has 0 saturated carbocycles. The number of hydrogen-bond acceptors (Lipinski definition) is 5. The summed E-state index contributed by atoms with van der Waals surface area (Å²) in [7, 11) is 0. The summed E-state index contributed by atoms with van der Waals surface area (Å²) < 4.78 is 5.05. The van der Waals surface area contributed by atoms with Crippen molar-refractivity contribution in [1.29, 1.82) is 0 Å². The van der Waals surface area contributed by atoms with Crippen LogP contribution in [0.3, 0.4) is 0 Å². The minimum Gasteiger partial charge on any atom is -0.457 e. The molecule has 2 aromatic rings. The van der Waals surface area contributed by atoms with Crippen molar-refractivity contribution in [3.05, 3.63) is 62.0 Å². The first-order valence-corrected chi connectivity index (χ1v) is 6.42. The van der Waals surface area contributed by atoms with Gasteiger partial charge in [0.05, 0.1) is 4.92 Å². The molecule has 0 saturated heterocycles. The Balaban J connectivity index is 2.01. The summed E-state index contributed by atoms with van der Waals surface area (Å²) in [6.45, 7) is 0.0319. The van der Waals surface area contributed by atoms with Crippen LogP contribution in [0.4, 0.5) is 5.00 Å². The average Bonchev–Trinajstić information content (AvgIpc) is 2.87. The number of nitro groups is 1. The van der Waals surface area contributed by atoms with Gasteiger partial charge in [0.2, 0.25) is 0 Å². The molecule has 0 bridgehead atoms. The first kappa shape index (κ1) is 13.5. The van der Waals surface area contributed by atoms with Crippen molar-refractivity contribution in [1.82, 2.24) is 0 Å². The van der Waals surface area contributed by atoms with Crippen LogP contribution >= 0.6 is 22.9 Å². The highest BCUT2D eigenvalue weighted by Gasteiger charge is 2.16. The van der Waals surface area contributed by atoms with Gasteiger partial charge in [-0.05, 0) is 12.1 Å². The number of carbonyl (C=O) groups excluding carboxylic acids is 1. The Morgan fingerprint density at radius 2 is 2.05 bits per heavy atom. The third-order valence-electron chi connectivity index (χ3n) is 2.29. The molecule has 98 valence electrons. The van der Waals surface area contributed by atoms with Crippen LogP contribution in [0.15, 0.2) is 36.4 Å². The van der Waals surface area contributed by atoms with Crippen LogP contribution in [0.5, 0.6) is 0 Å². The lowest BCUT2D eigenvalue weighted by Gasteiger charge is -2.04. The Morgan fingerprint density at radius 1 is 1.32 bits per heavy atom. The van der Waals surface area contributed by atoms with E-state index in [9.17, 15) is 14.9 Å². The summed E-state index contributed by atoms with van der Waals surface area (Å²) in [4.78, 5) is 21.8. The lowest BCUT2D eigenvalue weighted by molar-refractivity contribution is -0.380. The molecule has 0 N–H and O–H groups in total. The van der Waals surface area contributed by atoms with Gasteiger partial charge in [0.15, 0.2) is 0 Å². The standard InChI is InChI=1S/C12H8ClNO4S/c13-9-4-2-1-3-8(9)7-18-12(15)10-5-6-11(19-10)14(16)17/h1-6H,7H2. The van der Waals surface area contributed by atoms with Crippen LogP contribution in [0, 0.1) is 10.1 Å². The molecule has 0 amide bonds. The Hall–Kier alpha value is -1.92. The van der Waals surface area contributed by atoms with Crippen LogP contribution in [-0.2, 0) is 11.3 Å². The van der Waals surface area contributed by atoms with Crippen molar-refractivity contribution < 1.29 is 14.5 Å². The van der Waals surface area contributed by atoms with Gasteiger partial charge in [-0.1, -0.05) is 41.1 Å². The van der Waals surface area contributed by atoms with E-state index in [1.165, 1.54) is 12.1 Å². The molecule has 0 aliphatic rings. The monoisotopic (exact) mass is 297 g/mol. The highest BCUT2D eigenvalue weighted by molar-refractivity contribution is 7.17. The fraction of sp³-hybridized carbons (Fsp3) is 0.0833. The third-order valence-corrected chi connectivity index (χ3v) is 3.68. The summed E-state index contributed by atoms with van der Waals surface area (Å²) in [6.07, 6.45) is 0. The quantitative estimate of drug-likeness (QED) is 0.490. The number of rotatable bonds is 4. The average molecular weight is 298 g/mol. The third kappa shape index (κ3) is 3.30. The van der Waals surface area contributed by atoms with E-state index in [4.69, 9.17) is 16.3 Å².